The summed E-state index contributed by atoms with van der Waals surface area (Å²) < 4.78 is 3.68. The van der Waals surface area contributed by atoms with Crippen molar-refractivity contribution < 1.29 is 0 Å². The molecule has 0 atom stereocenters. The van der Waals surface area contributed by atoms with Gasteiger partial charge in [-0.2, -0.15) is 0 Å². The second-order valence-electron chi connectivity index (χ2n) is 4.97. The maximum atomic E-state index is 12.2. The average molecular weight is 362 g/mol. The van der Waals surface area contributed by atoms with Crippen LogP contribution in [-0.4, -0.2) is 9.13 Å². The zero-order chi connectivity index (χ0) is 13.1. The van der Waals surface area contributed by atoms with Gasteiger partial charge in [0.05, 0.1) is 3.57 Å². The first-order chi connectivity index (χ1) is 8.63. The Balaban J connectivity index is 2.34. The minimum atomic E-state index is -0.159. The van der Waals surface area contributed by atoms with Crippen molar-refractivity contribution in [2.75, 3.05) is 0 Å². The fourth-order valence-electron chi connectivity index (χ4n) is 2.63. The molecule has 1 aliphatic rings. The van der Waals surface area contributed by atoms with E-state index in [1.807, 2.05) is 29.5 Å². The van der Waals surface area contributed by atoms with Crippen molar-refractivity contribution in [2.24, 2.45) is 5.92 Å². The monoisotopic (exact) mass is 362 g/mol. The van der Waals surface area contributed by atoms with Crippen LogP contribution in [0.1, 0.15) is 39.0 Å². The standard InChI is InChI=1S/C13H19IN2O2/c1-2-15-9-11(14)12(17)16(13(15)18)8-10-6-4-3-5-7-10/h9-10H,2-8H2,1H3. The van der Waals surface area contributed by atoms with Crippen molar-refractivity contribution in [3.05, 3.63) is 30.6 Å². The van der Waals surface area contributed by atoms with E-state index in [0.29, 0.717) is 22.6 Å². The molecular formula is C13H19IN2O2. The van der Waals surface area contributed by atoms with E-state index in [4.69, 9.17) is 0 Å². The summed E-state index contributed by atoms with van der Waals surface area (Å²) in [5, 5.41) is 0. The molecule has 0 aromatic carbocycles. The minimum Gasteiger partial charge on any atom is -0.300 e. The quantitative estimate of drug-likeness (QED) is 0.774. The predicted molar refractivity (Wildman–Crippen MR) is 79.9 cm³/mol. The molecule has 0 saturated heterocycles. The summed E-state index contributed by atoms with van der Waals surface area (Å²) in [5.41, 5.74) is -0.288. The van der Waals surface area contributed by atoms with E-state index < -0.39 is 0 Å². The van der Waals surface area contributed by atoms with Gasteiger partial charge in [-0.25, -0.2) is 4.79 Å². The van der Waals surface area contributed by atoms with Crippen LogP contribution in [0.25, 0.3) is 0 Å². The molecule has 0 bridgehead atoms. The van der Waals surface area contributed by atoms with Crippen molar-refractivity contribution in [3.63, 3.8) is 0 Å². The smallest absolute Gasteiger partial charge is 0.300 e. The largest absolute Gasteiger partial charge is 0.331 e. The molecule has 5 heteroatoms. The number of hydrogen-bond acceptors (Lipinski definition) is 2. The first-order valence-corrected chi connectivity index (χ1v) is 7.71. The summed E-state index contributed by atoms with van der Waals surface area (Å²) in [4.78, 5) is 24.2. The lowest BCUT2D eigenvalue weighted by molar-refractivity contribution is 0.308. The zero-order valence-corrected chi connectivity index (χ0v) is 12.9. The Hall–Kier alpha value is -0.590. The summed E-state index contributed by atoms with van der Waals surface area (Å²) in [6, 6.07) is 0. The van der Waals surface area contributed by atoms with Crippen molar-refractivity contribution >= 4 is 22.6 Å². The molecule has 100 valence electrons. The van der Waals surface area contributed by atoms with E-state index >= 15 is 0 Å². The number of hydrogen-bond donors (Lipinski definition) is 0. The van der Waals surface area contributed by atoms with Gasteiger partial charge in [0.1, 0.15) is 0 Å². The van der Waals surface area contributed by atoms with Crippen LogP contribution in [0.2, 0.25) is 0 Å². The highest BCUT2D eigenvalue weighted by molar-refractivity contribution is 14.1. The van der Waals surface area contributed by atoms with Gasteiger partial charge in [-0.05, 0) is 48.3 Å². The van der Waals surface area contributed by atoms with Crippen LogP contribution in [0.4, 0.5) is 0 Å². The van der Waals surface area contributed by atoms with Gasteiger partial charge in [-0.15, -0.1) is 0 Å². The number of nitrogens with zero attached hydrogens (tertiary/aromatic N) is 2. The third-order valence-corrected chi connectivity index (χ3v) is 4.44. The third-order valence-electron chi connectivity index (χ3n) is 3.70. The molecule has 0 spiro atoms. The number of halogens is 1. The second kappa shape index (κ2) is 6.04. The third kappa shape index (κ3) is 2.87. The van der Waals surface area contributed by atoms with E-state index in [1.165, 1.54) is 23.8 Å². The lowest BCUT2D eigenvalue weighted by Gasteiger charge is -2.22. The molecule has 0 aliphatic heterocycles. The molecule has 0 unspecified atom stereocenters. The van der Waals surface area contributed by atoms with E-state index in [0.717, 1.165) is 12.8 Å². The molecule has 1 heterocycles. The highest BCUT2D eigenvalue weighted by Gasteiger charge is 2.17. The van der Waals surface area contributed by atoms with E-state index in [9.17, 15) is 9.59 Å². The van der Waals surface area contributed by atoms with Crippen LogP contribution in [0.5, 0.6) is 0 Å². The Kier molecular flexibility index (Phi) is 4.64. The van der Waals surface area contributed by atoms with Crippen molar-refractivity contribution in [2.45, 2.75) is 52.1 Å². The van der Waals surface area contributed by atoms with Gasteiger partial charge < -0.3 is 0 Å². The van der Waals surface area contributed by atoms with Crippen LogP contribution < -0.4 is 11.2 Å². The van der Waals surface area contributed by atoms with Gasteiger partial charge in [0.25, 0.3) is 5.56 Å². The first kappa shape index (κ1) is 13.8. The summed E-state index contributed by atoms with van der Waals surface area (Å²) in [6.45, 7) is 3.13. The van der Waals surface area contributed by atoms with Gasteiger partial charge >= 0.3 is 5.69 Å². The van der Waals surface area contributed by atoms with Gasteiger partial charge in [0, 0.05) is 19.3 Å². The number of aromatic nitrogens is 2. The predicted octanol–water partition coefficient (Wildman–Crippen LogP) is 2.21. The Labute approximate surface area is 120 Å². The number of rotatable bonds is 3. The highest BCUT2D eigenvalue weighted by atomic mass is 127. The molecule has 2 rings (SSSR count). The van der Waals surface area contributed by atoms with Crippen molar-refractivity contribution in [1.82, 2.24) is 9.13 Å². The lowest BCUT2D eigenvalue weighted by Crippen LogP contribution is -2.42. The Morgan fingerprint density at radius 2 is 1.94 bits per heavy atom. The molecule has 18 heavy (non-hydrogen) atoms. The second-order valence-corrected chi connectivity index (χ2v) is 6.13. The SMILES string of the molecule is CCn1cc(I)c(=O)n(CC2CCCCC2)c1=O. The zero-order valence-electron chi connectivity index (χ0n) is 10.7. The van der Waals surface area contributed by atoms with Gasteiger partial charge in [-0.1, -0.05) is 19.3 Å². The molecule has 4 nitrogen and oxygen atoms in total. The van der Waals surface area contributed by atoms with E-state index in [-0.39, 0.29) is 11.2 Å². The molecule has 0 radical (unpaired) electrons. The first-order valence-electron chi connectivity index (χ1n) is 6.63. The molecule has 1 saturated carbocycles. The fourth-order valence-corrected chi connectivity index (χ4v) is 3.26. The molecular weight excluding hydrogens is 343 g/mol. The Morgan fingerprint density at radius 1 is 1.28 bits per heavy atom. The molecule has 1 aliphatic carbocycles. The lowest BCUT2D eigenvalue weighted by atomic mass is 9.89. The average Bonchev–Trinajstić information content (AvgIpc) is 2.40. The summed E-state index contributed by atoms with van der Waals surface area (Å²) in [5.74, 6) is 0.493. The Morgan fingerprint density at radius 3 is 2.56 bits per heavy atom. The van der Waals surface area contributed by atoms with Gasteiger partial charge in [0.15, 0.2) is 0 Å². The van der Waals surface area contributed by atoms with Crippen molar-refractivity contribution in [3.8, 4) is 0 Å². The molecule has 0 amide bonds. The number of aryl methyl sites for hydroxylation is 1. The normalized spacial score (nSPS) is 17.0. The van der Waals surface area contributed by atoms with Crippen molar-refractivity contribution in [1.29, 1.82) is 0 Å². The minimum absolute atomic E-state index is 0.129. The fraction of sp³-hybridized carbons (Fsp3) is 0.692. The maximum Gasteiger partial charge on any atom is 0.331 e. The van der Waals surface area contributed by atoms with Crippen LogP contribution in [0.15, 0.2) is 15.8 Å². The molecule has 1 aromatic rings. The van der Waals surface area contributed by atoms with Gasteiger partial charge in [0.2, 0.25) is 0 Å². The van der Waals surface area contributed by atoms with Crippen LogP contribution in [0, 0.1) is 9.49 Å². The molecule has 1 fully saturated rings. The molecule has 0 N–H and O–H groups in total. The van der Waals surface area contributed by atoms with Crippen LogP contribution in [-0.2, 0) is 13.1 Å². The van der Waals surface area contributed by atoms with E-state index in [2.05, 4.69) is 0 Å². The van der Waals surface area contributed by atoms with Crippen LogP contribution >= 0.6 is 22.6 Å². The topological polar surface area (TPSA) is 44.0 Å². The Bertz CT molecular complexity index is 527. The van der Waals surface area contributed by atoms with E-state index in [1.54, 1.807) is 10.8 Å². The highest BCUT2D eigenvalue weighted by Crippen LogP contribution is 2.24. The maximum absolute atomic E-state index is 12.2. The van der Waals surface area contributed by atoms with Gasteiger partial charge in [-0.3, -0.25) is 13.9 Å². The molecule has 1 aromatic heterocycles. The summed E-state index contributed by atoms with van der Waals surface area (Å²) in [7, 11) is 0. The van der Waals surface area contributed by atoms with Crippen LogP contribution in [0.3, 0.4) is 0 Å². The summed E-state index contributed by atoms with van der Waals surface area (Å²) in [6.07, 6.45) is 7.68. The summed E-state index contributed by atoms with van der Waals surface area (Å²) >= 11 is 2.02.